The standard InChI is InChI=1S/C24H25FN4O2/c1-17(18-7-9-20(25)10-8-18)28-24(30)19-11-13-29(14-12-19)22-15-23(27-16-26-22)31-21-5-3-2-4-6-21/h2-10,15-17,19H,11-14H2,1H3,(H,28,30). The van der Waals surface area contributed by atoms with E-state index in [0.717, 1.165) is 43.1 Å². The van der Waals surface area contributed by atoms with Gasteiger partial charge in [-0.3, -0.25) is 4.79 Å². The fourth-order valence-electron chi connectivity index (χ4n) is 3.70. The summed E-state index contributed by atoms with van der Waals surface area (Å²) in [7, 11) is 0. The Hall–Kier alpha value is -3.48. The van der Waals surface area contributed by atoms with Crippen molar-refractivity contribution in [3.05, 3.63) is 78.4 Å². The molecular weight excluding hydrogens is 395 g/mol. The zero-order chi connectivity index (χ0) is 21.6. The van der Waals surface area contributed by atoms with E-state index in [-0.39, 0.29) is 23.7 Å². The van der Waals surface area contributed by atoms with E-state index in [1.165, 1.54) is 18.5 Å². The SMILES string of the molecule is CC(NC(=O)C1CCN(c2cc(Oc3ccccc3)ncn2)CC1)c1ccc(F)cc1. The van der Waals surface area contributed by atoms with Crippen LogP contribution in [0.3, 0.4) is 0 Å². The maximum atomic E-state index is 13.1. The Balaban J connectivity index is 1.31. The van der Waals surface area contributed by atoms with Crippen LogP contribution in [-0.4, -0.2) is 29.0 Å². The molecule has 1 N–H and O–H groups in total. The number of benzene rings is 2. The smallest absolute Gasteiger partial charge is 0.224 e. The second-order valence-corrected chi connectivity index (χ2v) is 7.67. The number of nitrogens with zero attached hydrogens (tertiary/aromatic N) is 3. The second-order valence-electron chi connectivity index (χ2n) is 7.67. The number of amides is 1. The first-order valence-corrected chi connectivity index (χ1v) is 10.4. The Morgan fingerprint density at radius 1 is 1.10 bits per heavy atom. The van der Waals surface area contributed by atoms with Crippen molar-refractivity contribution in [3.8, 4) is 11.6 Å². The molecule has 0 saturated carbocycles. The minimum absolute atomic E-state index is 0.0345. The highest BCUT2D eigenvalue weighted by Gasteiger charge is 2.27. The minimum atomic E-state index is -0.281. The fourth-order valence-corrected chi connectivity index (χ4v) is 3.70. The lowest BCUT2D eigenvalue weighted by atomic mass is 9.95. The van der Waals surface area contributed by atoms with Gasteiger partial charge < -0.3 is 15.0 Å². The molecule has 1 aliphatic heterocycles. The Morgan fingerprint density at radius 3 is 2.52 bits per heavy atom. The molecule has 31 heavy (non-hydrogen) atoms. The van der Waals surface area contributed by atoms with Crippen LogP contribution < -0.4 is 15.0 Å². The predicted molar refractivity (Wildman–Crippen MR) is 116 cm³/mol. The van der Waals surface area contributed by atoms with Crippen molar-refractivity contribution >= 4 is 11.7 Å². The Morgan fingerprint density at radius 2 is 1.81 bits per heavy atom. The zero-order valence-corrected chi connectivity index (χ0v) is 17.4. The molecule has 1 aromatic heterocycles. The Labute approximate surface area is 181 Å². The molecule has 160 valence electrons. The summed E-state index contributed by atoms with van der Waals surface area (Å²) >= 11 is 0. The number of rotatable bonds is 6. The van der Waals surface area contributed by atoms with Crippen LogP contribution in [0.25, 0.3) is 0 Å². The molecule has 3 aromatic rings. The van der Waals surface area contributed by atoms with Crippen molar-refractivity contribution in [2.24, 2.45) is 5.92 Å². The van der Waals surface area contributed by atoms with Gasteiger partial charge in [0.1, 0.15) is 23.7 Å². The summed E-state index contributed by atoms with van der Waals surface area (Å²) in [4.78, 5) is 23.4. The molecule has 4 rings (SSSR count). The maximum absolute atomic E-state index is 13.1. The van der Waals surface area contributed by atoms with Crippen LogP contribution in [0.15, 0.2) is 67.0 Å². The number of nitrogens with one attached hydrogen (secondary N) is 1. The lowest BCUT2D eigenvalue weighted by Crippen LogP contribution is -2.41. The molecule has 1 fully saturated rings. The monoisotopic (exact) mass is 420 g/mol. The molecule has 1 atom stereocenters. The van der Waals surface area contributed by atoms with E-state index in [1.54, 1.807) is 12.1 Å². The van der Waals surface area contributed by atoms with Crippen molar-refractivity contribution < 1.29 is 13.9 Å². The minimum Gasteiger partial charge on any atom is -0.439 e. The molecule has 0 aliphatic carbocycles. The highest BCUT2D eigenvalue weighted by atomic mass is 19.1. The molecule has 6 nitrogen and oxygen atoms in total. The quantitative estimate of drug-likeness (QED) is 0.636. The third kappa shape index (κ3) is 5.36. The van der Waals surface area contributed by atoms with Gasteiger partial charge in [-0.25, -0.2) is 14.4 Å². The first-order valence-electron chi connectivity index (χ1n) is 10.4. The molecule has 2 aromatic carbocycles. The molecule has 0 radical (unpaired) electrons. The first kappa shape index (κ1) is 20.8. The van der Waals surface area contributed by atoms with Crippen molar-refractivity contribution in [1.82, 2.24) is 15.3 Å². The molecule has 2 heterocycles. The van der Waals surface area contributed by atoms with Gasteiger partial charge in [-0.1, -0.05) is 30.3 Å². The highest BCUT2D eigenvalue weighted by Crippen LogP contribution is 2.26. The number of para-hydroxylation sites is 1. The van der Waals surface area contributed by atoms with Gasteiger partial charge in [0.15, 0.2) is 0 Å². The number of piperidine rings is 1. The molecule has 1 unspecified atom stereocenters. The Bertz CT molecular complexity index is 1010. The van der Waals surface area contributed by atoms with E-state index in [0.29, 0.717) is 5.88 Å². The van der Waals surface area contributed by atoms with Gasteiger partial charge >= 0.3 is 0 Å². The van der Waals surface area contributed by atoms with Crippen LogP contribution in [-0.2, 0) is 4.79 Å². The summed E-state index contributed by atoms with van der Waals surface area (Å²) in [5.74, 6) is 1.70. The fraction of sp³-hybridized carbons (Fsp3) is 0.292. The van der Waals surface area contributed by atoms with Crippen LogP contribution in [0.1, 0.15) is 31.4 Å². The largest absolute Gasteiger partial charge is 0.439 e. The van der Waals surface area contributed by atoms with Crippen molar-refractivity contribution in [2.75, 3.05) is 18.0 Å². The summed E-state index contributed by atoms with van der Waals surface area (Å²) in [5.41, 5.74) is 0.888. The molecule has 7 heteroatoms. The van der Waals surface area contributed by atoms with Gasteiger partial charge in [0.05, 0.1) is 6.04 Å². The second kappa shape index (κ2) is 9.55. The third-order valence-electron chi connectivity index (χ3n) is 5.51. The number of carbonyl (C=O) groups excluding carboxylic acids is 1. The number of anilines is 1. The van der Waals surface area contributed by atoms with Gasteiger partial charge in [-0.2, -0.15) is 0 Å². The van der Waals surface area contributed by atoms with Gasteiger partial charge in [-0.05, 0) is 49.6 Å². The van der Waals surface area contributed by atoms with Crippen molar-refractivity contribution in [2.45, 2.75) is 25.8 Å². The number of halogens is 1. The van der Waals surface area contributed by atoms with Crippen LogP contribution in [0.2, 0.25) is 0 Å². The zero-order valence-electron chi connectivity index (χ0n) is 17.4. The maximum Gasteiger partial charge on any atom is 0.224 e. The summed E-state index contributed by atoms with van der Waals surface area (Å²) in [6, 6.07) is 17.4. The molecule has 0 spiro atoms. The number of carbonyl (C=O) groups is 1. The van der Waals surface area contributed by atoms with Gasteiger partial charge in [0, 0.05) is 25.1 Å². The normalized spacial score (nSPS) is 15.4. The molecule has 1 aliphatic rings. The summed E-state index contributed by atoms with van der Waals surface area (Å²) in [6.45, 7) is 3.37. The predicted octanol–water partition coefficient (Wildman–Crippen LogP) is 4.50. The molecule has 0 bridgehead atoms. The topological polar surface area (TPSA) is 67.4 Å². The summed E-state index contributed by atoms with van der Waals surface area (Å²) in [5, 5.41) is 3.05. The van der Waals surface area contributed by atoms with E-state index in [9.17, 15) is 9.18 Å². The van der Waals surface area contributed by atoms with E-state index in [1.807, 2.05) is 43.3 Å². The highest BCUT2D eigenvalue weighted by molar-refractivity contribution is 5.79. The lowest BCUT2D eigenvalue weighted by molar-refractivity contribution is -0.126. The first-order chi connectivity index (χ1) is 15.1. The Kier molecular flexibility index (Phi) is 6.40. The molecule has 1 saturated heterocycles. The van der Waals surface area contributed by atoms with Crippen LogP contribution in [0, 0.1) is 11.7 Å². The van der Waals surface area contributed by atoms with E-state index >= 15 is 0 Å². The van der Waals surface area contributed by atoms with Crippen LogP contribution >= 0.6 is 0 Å². The number of hydrogen-bond acceptors (Lipinski definition) is 5. The average Bonchev–Trinajstić information content (AvgIpc) is 2.80. The summed E-state index contributed by atoms with van der Waals surface area (Å²) < 4.78 is 18.9. The van der Waals surface area contributed by atoms with Gasteiger partial charge in [-0.15, -0.1) is 0 Å². The van der Waals surface area contributed by atoms with Crippen LogP contribution in [0.5, 0.6) is 11.6 Å². The van der Waals surface area contributed by atoms with E-state index in [4.69, 9.17) is 4.74 Å². The number of hydrogen-bond donors (Lipinski definition) is 1. The third-order valence-corrected chi connectivity index (χ3v) is 5.51. The van der Waals surface area contributed by atoms with Gasteiger partial charge in [0.2, 0.25) is 11.8 Å². The molecule has 1 amide bonds. The van der Waals surface area contributed by atoms with Crippen molar-refractivity contribution in [1.29, 1.82) is 0 Å². The number of aromatic nitrogens is 2. The van der Waals surface area contributed by atoms with Crippen molar-refractivity contribution in [3.63, 3.8) is 0 Å². The number of ether oxygens (including phenoxy) is 1. The molecular formula is C24H25FN4O2. The van der Waals surface area contributed by atoms with E-state index in [2.05, 4.69) is 20.2 Å². The lowest BCUT2D eigenvalue weighted by Gasteiger charge is -2.32. The van der Waals surface area contributed by atoms with E-state index < -0.39 is 0 Å². The van der Waals surface area contributed by atoms with Crippen LogP contribution in [0.4, 0.5) is 10.2 Å². The van der Waals surface area contributed by atoms with Gasteiger partial charge in [0.25, 0.3) is 0 Å². The summed E-state index contributed by atoms with van der Waals surface area (Å²) in [6.07, 6.45) is 2.97. The average molecular weight is 420 g/mol.